The zero-order valence-corrected chi connectivity index (χ0v) is 15.2. The molecule has 0 fully saturated rings. The lowest BCUT2D eigenvalue weighted by atomic mass is 10.0. The van der Waals surface area contributed by atoms with E-state index in [0.29, 0.717) is 19.8 Å². The fourth-order valence-electron chi connectivity index (χ4n) is 2.83. The van der Waals surface area contributed by atoms with Crippen molar-refractivity contribution in [3.8, 4) is 11.5 Å². The van der Waals surface area contributed by atoms with Crippen LogP contribution < -0.4 is 9.47 Å². The van der Waals surface area contributed by atoms with Crippen LogP contribution in [0.4, 0.5) is 0 Å². The Kier molecular flexibility index (Phi) is 5.96. The van der Waals surface area contributed by atoms with Gasteiger partial charge in [0.25, 0.3) is 0 Å². The van der Waals surface area contributed by atoms with Crippen molar-refractivity contribution in [2.45, 2.75) is 32.7 Å². The highest BCUT2D eigenvalue weighted by molar-refractivity contribution is 5.42. The van der Waals surface area contributed by atoms with Crippen LogP contribution in [-0.2, 0) is 24.4 Å². The van der Waals surface area contributed by atoms with Crippen LogP contribution in [-0.4, -0.2) is 12.7 Å². The minimum Gasteiger partial charge on any atom is -0.489 e. The first-order chi connectivity index (χ1) is 12.7. The number of fused-ring (bicyclic) bond motifs is 1. The van der Waals surface area contributed by atoms with Gasteiger partial charge < -0.3 is 14.2 Å². The zero-order valence-electron chi connectivity index (χ0n) is 15.2. The van der Waals surface area contributed by atoms with E-state index in [9.17, 15) is 0 Å². The van der Waals surface area contributed by atoms with Crippen LogP contribution in [0.3, 0.4) is 0 Å². The van der Waals surface area contributed by atoms with Crippen molar-refractivity contribution in [3.63, 3.8) is 0 Å². The summed E-state index contributed by atoms with van der Waals surface area (Å²) in [5.74, 6) is 1.79. The molecule has 0 unspecified atom stereocenters. The van der Waals surface area contributed by atoms with Crippen molar-refractivity contribution >= 4 is 0 Å². The summed E-state index contributed by atoms with van der Waals surface area (Å²) in [4.78, 5) is 0. The number of hydrogen-bond acceptors (Lipinski definition) is 3. The molecule has 0 saturated heterocycles. The Morgan fingerprint density at radius 2 is 1.92 bits per heavy atom. The Morgan fingerprint density at radius 1 is 1.19 bits per heavy atom. The third-order valence-corrected chi connectivity index (χ3v) is 4.29. The van der Waals surface area contributed by atoms with E-state index in [4.69, 9.17) is 14.2 Å². The van der Waals surface area contributed by atoms with Gasteiger partial charge in [-0.25, -0.2) is 0 Å². The van der Waals surface area contributed by atoms with Crippen LogP contribution in [0.15, 0.2) is 73.0 Å². The summed E-state index contributed by atoms with van der Waals surface area (Å²) in [7, 11) is 0. The summed E-state index contributed by atoms with van der Waals surface area (Å²) in [6.07, 6.45) is 2.74. The zero-order chi connectivity index (χ0) is 18.4. The maximum atomic E-state index is 5.88. The Bertz CT molecular complexity index is 814. The largest absolute Gasteiger partial charge is 0.489 e. The highest BCUT2D eigenvalue weighted by Crippen LogP contribution is 2.32. The van der Waals surface area contributed by atoms with Gasteiger partial charge in [0, 0.05) is 6.42 Å². The lowest BCUT2D eigenvalue weighted by molar-refractivity contribution is 0.107. The van der Waals surface area contributed by atoms with Gasteiger partial charge in [-0.2, -0.15) is 0 Å². The van der Waals surface area contributed by atoms with Crippen molar-refractivity contribution in [2.75, 3.05) is 6.61 Å². The molecule has 1 atom stereocenters. The summed E-state index contributed by atoms with van der Waals surface area (Å²) in [5, 5.41) is 0. The average molecular weight is 348 g/mol. The number of benzene rings is 2. The maximum Gasteiger partial charge on any atom is 0.123 e. The summed E-state index contributed by atoms with van der Waals surface area (Å²) in [5.41, 5.74) is 7.25. The number of hydrogen-bond donors (Lipinski definition) is 0. The van der Waals surface area contributed by atoms with Gasteiger partial charge >= 0.3 is 0 Å². The lowest BCUT2D eigenvalue weighted by Gasteiger charge is -2.09. The molecule has 3 heteroatoms. The van der Waals surface area contributed by atoms with Crippen LogP contribution in [0, 0.1) is 0 Å². The molecule has 0 aromatic heterocycles. The molecule has 1 aliphatic heterocycles. The second kappa shape index (κ2) is 8.57. The second-order valence-electron chi connectivity index (χ2n) is 6.46. The fourth-order valence-corrected chi connectivity index (χ4v) is 2.83. The molecular formula is C23H24O3. The Labute approximate surface area is 155 Å². The molecule has 3 rings (SSSR count). The third kappa shape index (κ3) is 4.66. The van der Waals surface area contributed by atoms with Crippen molar-refractivity contribution in [1.29, 1.82) is 0 Å². The highest BCUT2D eigenvalue weighted by Gasteiger charge is 2.23. The van der Waals surface area contributed by atoms with Gasteiger partial charge in [-0.1, -0.05) is 31.4 Å². The van der Waals surface area contributed by atoms with E-state index in [1.165, 1.54) is 5.56 Å². The minimum atomic E-state index is 0.101. The van der Waals surface area contributed by atoms with Crippen molar-refractivity contribution in [3.05, 3.63) is 89.7 Å². The molecule has 0 spiro atoms. The molecule has 2 aromatic rings. The predicted molar refractivity (Wildman–Crippen MR) is 104 cm³/mol. The van der Waals surface area contributed by atoms with Crippen LogP contribution in [0.5, 0.6) is 11.5 Å². The topological polar surface area (TPSA) is 27.7 Å². The quantitative estimate of drug-likeness (QED) is 0.496. The van der Waals surface area contributed by atoms with Crippen LogP contribution in [0.1, 0.15) is 23.6 Å². The normalized spacial score (nSPS) is 14.9. The molecule has 0 N–H and O–H groups in total. The van der Waals surface area contributed by atoms with Crippen LogP contribution >= 0.6 is 0 Å². The van der Waals surface area contributed by atoms with Crippen LogP contribution in [0.25, 0.3) is 0 Å². The Hall–Kier alpha value is -2.74. The summed E-state index contributed by atoms with van der Waals surface area (Å²) in [6.45, 7) is 11.1. The lowest BCUT2D eigenvalue weighted by Crippen LogP contribution is -2.13. The van der Waals surface area contributed by atoms with Crippen molar-refractivity contribution in [2.24, 2.45) is 0 Å². The summed E-state index contributed by atoms with van der Waals surface area (Å²) >= 11 is 0. The first-order valence-corrected chi connectivity index (χ1v) is 8.73. The van der Waals surface area contributed by atoms with Gasteiger partial charge in [0.15, 0.2) is 0 Å². The molecule has 3 nitrogen and oxygen atoms in total. The monoisotopic (exact) mass is 348 g/mol. The Balaban J connectivity index is 1.49. The van der Waals surface area contributed by atoms with Crippen molar-refractivity contribution < 1.29 is 14.2 Å². The SMILES string of the molecule is C=C=CCOc1ccc(COCc2ccc3c(c2)C[C@H](C(=C)C)O3)cc1. The third-order valence-electron chi connectivity index (χ3n) is 4.29. The van der Waals surface area contributed by atoms with Crippen LogP contribution in [0.2, 0.25) is 0 Å². The van der Waals surface area contributed by atoms with Gasteiger partial charge in [-0.05, 0) is 59.5 Å². The smallest absolute Gasteiger partial charge is 0.123 e. The van der Waals surface area contributed by atoms with E-state index in [-0.39, 0.29) is 6.10 Å². The molecule has 1 aliphatic rings. The van der Waals surface area contributed by atoms with E-state index in [1.807, 2.05) is 37.3 Å². The van der Waals surface area contributed by atoms with E-state index in [2.05, 4.69) is 31.0 Å². The van der Waals surface area contributed by atoms with Gasteiger partial charge in [0.05, 0.1) is 13.2 Å². The molecule has 0 aliphatic carbocycles. The van der Waals surface area contributed by atoms with Gasteiger partial charge in [0.1, 0.15) is 24.2 Å². The van der Waals surface area contributed by atoms with E-state index in [0.717, 1.165) is 34.6 Å². The maximum absolute atomic E-state index is 5.88. The number of rotatable bonds is 8. The summed E-state index contributed by atoms with van der Waals surface area (Å²) < 4.78 is 17.3. The molecule has 0 amide bonds. The minimum absolute atomic E-state index is 0.101. The first kappa shape index (κ1) is 18.1. The van der Waals surface area contributed by atoms with Crippen molar-refractivity contribution in [1.82, 2.24) is 0 Å². The standard InChI is InChI=1S/C23H24O3/c1-4-5-12-25-21-9-6-18(7-10-21)15-24-16-19-8-11-22-20(13-19)14-23(26-22)17(2)3/h5-11,13,23H,1-2,12,14-16H2,3H3/t23-/m1/s1. The van der Waals surface area contributed by atoms with Gasteiger partial charge in [0.2, 0.25) is 0 Å². The average Bonchev–Trinajstić information content (AvgIpc) is 3.07. The molecule has 1 heterocycles. The second-order valence-corrected chi connectivity index (χ2v) is 6.46. The predicted octanol–water partition coefficient (Wildman–Crippen LogP) is 5.00. The molecule has 2 aromatic carbocycles. The van der Waals surface area contributed by atoms with E-state index < -0.39 is 0 Å². The molecule has 26 heavy (non-hydrogen) atoms. The molecule has 0 radical (unpaired) electrons. The molecule has 134 valence electrons. The summed E-state index contributed by atoms with van der Waals surface area (Å²) in [6, 6.07) is 14.2. The fraction of sp³-hybridized carbons (Fsp3) is 0.261. The van der Waals surface area contributed by atoms with E-state index in [1.54, 1.807) is 6.08 Å². The molecule has 0 bridgehead atoms. The molecular weight excluding hydrogens is 324 g/mol. The Morgan fingerprint density at radius 3 is 2.65 bits per heavy atom. The first-order valence-electron chi connectivity index (χ1n) is 8.73. The number of ether oxygens (including phenoxy) is 3. The van der Waals surface area contributed by atoms with Gasteiger partial charge in [-0.3, -0.25) is 0 Å². The van der Waals surface area contributed by atoms with E-state index >= 15 is 0 Å². The van der Waals surface area contributed by atoms with Gasteiger partial charge in [-0.15, -0.1) is 5.73 Å². The molecule has 0 saturated carbocycles. The highest BCUT2D eigenvalue weighted by atomic mass is 16.5.